The number of hydrogen-bond acceptors (Lipinski definition) is 2. The molecule has 3 nitrogen and oxygen atoms in total. The summed E-state index contributed by atoms with van der Waals surface area (Å²) in [4.78, 5) is 11.0. The fourth-order valence-electron chi connectivity index (χ4n) is 2.26. The molecule has 0 aliphatic carbocycles. The Bertz CT molecular complexity index is 412. The molecule has 0 fully saturated rings. The highest BCUT2D eigenvalue weighted by Crippen LogP contribution is 2.33. The molecule has 1 aromatic rings. The minimum absolute atomic E-state index is 0.0363. The molecule has 0 aliphatic rings. The third kappa shape index (κ3) is 4.93. The number of aryl methyl sites for hydroxylation is 1. The average molecular weight is 264 g/mol. The first-order chi connectivity index (χ1) is 9.08. The molecule has 19 heavy (non-hydrogen) atoms. The van der Waals surface area contributed by atoms with E-state index in [4.69, 9.17) is 9.84 Å². The van der Waals surface area contributed by atoms with Gasteiger partial charge in [-0.3, -0.25) is 4.79 Å². The molecule has 1 rings (SSSR count). The number of carboxylic acids is 1. The zero-order valence-corrected chi connectivity index (χ0v) is 12.1. The molecule has 1 atom stereocenters. The predicted molar refractivity (Wildman–Crippen MR) is 76.9 cm³/mol. The van der Waals surface area contributed by atoms with Gasteiger partial charge in [-0.15, -0.1) is 0 Å². The lowest BCUT2D eigenvalue weighted by Crippen LogP contribution is -2.09. The molecule has 0 amide bonds. The highest BCUT2D eigenvalue weighted by Gasteiger charge is 2.19. The van der Waals surface area contributed by atoms with Crippen molar-refractivity contribution in [2.75, 3.05) is 6.61 Å². The SMILES string of the molecule is CCCOc1ccc(C)cc1C(CCC)CC(=O)O. The number of rotatable bonds is 8. The smallest absolute Gasteiger partial charge is 0.303 e. The van der Waals surface area contributed by atoms with Crippen LogP contribution in [0, 0.1) is 6.92 Å². The van der Waals surface area contributed by atoms with Crippen LogP contribution in [0.1, 0.15) is 56.6 Å². The summed E-state index contributed by atoms with van der Waals surface area (Å²) in [5.41, 5.74) is 2.18. The first-order valence-electron chi connectivity index (χ1n) is 7.03. The molecule has 0 saturated heterocycles. The maximum atomic E-state index is 11.0. The predicted octanol–water partition coefficient (Wildman–Crippen LogP) is 4.14. The summed E-state index contributed by atoms with van der Waals surface area (Å²) < 4.78 is 5.76. The van der Waals surface area contributed by atoms with Crippen molar-refractivity contribution in [3.63, 3.8) is 0 Å². The van der Waals surface area contributed by atoms with Gasteiger partial charge in [-0.2, -0.15) is 0 Å². The highest BCUT2D eigenvalue weighted by atomic mass is 16.5. The van der Waals surface area contributed by atoms with Crippen molar-refractivity contribution in [1.82, 2.24) is 0 Å². The Kier molecular flexibility index (Phi) is 6.40. The van der Waals surface area contributed by atoms with Crippen molar-refractivity contribution in [2.45, 2.75) is 52.4 Å². The van der Waals surface area contributed by atoms with Gasteiger partial charge < -0.3 is 9.84 Å². The number of aliphatic carboxylic acids is 1. The molecule has 1 unspecified atom stereocenters. The minimum atomic E-state index is -0.749. The van der Waals surface area contributed by atoms with Gasteiger partial charge in [0, 0.05) is 0 Å². The molecule has 0 spiro atoms. The molecule has 0 aromatic heterocycles. The van der Waals surface area contributed by atoms with Crippen LogP contribution < -0.4 is 4.74 Å². The Morgan fingerprint density at radius 1 is 1.32 bits per heavy atom. The second-order valence-electron chi connectivity index (χ2n) is 4.97. The number of hydrogen-bond donors (Lipinski definition) is 1. The van der Waals surface area contributed by atoms with E-state index >= 15 is 0 Å². The van der Waals surface area contributed by atoms with Gasteiger partial charge in [0.05, 0.1) is 13.0 Å². The van der Waals surface area contributed by atoms with Crippen LogP contribution in [-0.2, 0) is 4.79 Å². The second-order valence-corrected chi connectivity index (χ2v) is 4.97. The van der Waals surface area contributed by atoms with Crippen LogP contribution in [0.25, 0.3) is 0 Å². The summed E-state index contributed by atoms with van der Waals surface area (Å²) in [6.45, 7) is 6.84. The van der Waals surface area contributed by atoms with Crippen LogP contribution in [0.2, 0.25) is 0 Å². The summed E-state index contributed by atoms with van der Waals surface area (Å²) >= 11 is 0. The molecule has 0 heterocycles. The van der Waals surface area contributed by atoms with Gasteiger partial charge >= 0.3 is 5.97 Å². The van der Waals surface area contributed by atoms with Gasteiger partial charge in [0.25, 0.3) is 0 Å². The molecular weight excluding hydrogens is 240 g/mol. The lowest BCUT2D eigenvalue weighted by molar-refractivity contribution is -0.137. The van der Waals surface area contributed by atoms with E-state index in [9.17, 15) is 4.79 Å². The molecule has 3 heteroatoms. The third-order valence-corrected chi connectivity index (χ3v) is 3.12. The van der Waals surface area contributed by atoms with Crippen LogP contribution in [0.4, 0.5) is 0 Å². The van der Waals surface area contributed by atoms with E-state index in [2.05, 4.69) is 19.9 Å². The van der Waals surface area contributed by atoms with E-state index in [-0.39, 0.29) is 12.3 Å². The summed E-state index contributed by atoms with van der Waals surface area (Å²) in [5.74, 6) is 0.128. The Hall–Kier alpha value is -1.51. The van der Waals surface area contributed by atoms with E-state index in [1.807, 2.05) is 19.1 Å². The quantitative estimate of drug-likeness (QED) is 0.767. The van der Waals surface area contributed by atoms with Crippen LogP contribution in [0.15, 0.2) is 18.2 Å². The van der Waals surface area contributed by atoms with Crippen molar-refractivity contribution >= 4 is 5.97 Å². The molecule has 1 N–H and O–H groups in total. The third-order valence-electron chi connectivity index (χ3n) is 3.12. The van der Waals surface area contributed by atoms with E-state index < -0.39 is 5.97 Å². The van der Waals surface area contributed by atoms with Crippen molar-refractivity contribution in [3.8, 4) is 5.75 Å². The van der Waals surface area contributed by atoms with E-state index in [1.54, 1.807) is 0 Å². The lowest BCUT2D eigenvalue weighted by Gasteiger charge is -2.19. The monoisotopic (exact) mass is 264 g/mol. The zero-order chi connectivity index (χ0) is 14.3. The van der Waals surface area contributed by atoms with E-state index in [0.29, 0.717) is 6.61 Å². The fourth-order valence-corrected chi connectivity index (χ4v) is 2.26. The topological polar surface area (TPSA) is 46.5 Å². The minimum Gasteiger partial charge on any atom is -0.493 e. The number of carbonyl (C=O) groups is 1. The number of ether oxygens (including phenoxy) is 1. The van der Waals surface area contributed by atoms with Crippen LogP contribution in [0.3, 0.4) is 0 Å². The highest BCUT2D eigenvalue weighted by molar-refractivity contribution is 5.68. The Morgan fingerprint density at radius 2 is 2.05 bits per heavy atom. The number of benzene rings is 1. The average Bonchev–Trinajstić information content (AvgIpc) is 2.36. The first-order valence-corrected chi connectivity index (χ1v) is 7.03. The molecule has 0 bridgehead atoms. The molecule has 106 valence electrons. The normalized spacial score (nSPS) is 12.2. The van der Waals surface area contributed by atoms with Crippen LogP contribution in [-0.4, -0.2) is 17.7 Å². The van der Waals surface area contributed by atoms with Crippen LogP contribution in [0.5, 0.6) is 5.75 Å². The van der Waals surface area contributed by atoms with E-state index in [1.165, 1.54) is 0 Å². The van der Waals surface area contributed by atoms with Gasteiger partial charge in [-0.1, -0.05) is 38.0 Å². The van der Waals surface area contributed by atoms with Crippen molar-refractivity contribution in [1.29, 1.82) is 0 Å². The maximum absolute atomic E-state index is 11.0. The summed E-state index contributed by atoms with van der Waals surface area (Å²) in [6.07, 6.45) is 2.96. The van der Waals surface area contributed by atoms with Gasteiger partial charge in [0.15, 0.2) is 0 Å². The Labute approximate surface area is 115 Å². The fraction of sp³-hybridized carbons (Fsp3) is 0.562. The summed E-state index contributed by atoms with van der Waals surface area (Å²) in [6, 6.07) is 6.04. The molecule has 0 aliphatic heterocycles. The summed E-state index contributed by atoms with van der Waals surface area (Å²) in [7, 11) is 0. The maximum Gasteiger partial charge on any atom is 0.303 e. The largest absolute Gasteiger partial charge is 0.493 e. The first kappa shape index (κ1) is 15.5. The van der Waals surface area contributed by atoms with Crippen molar-refractivity contribution < 1.29 is 14.6 Å². The molecule has 0 radical (unpaired) electrons. The van der Waals surface area contributed by atoms with Gasteiger partial charge in [-0.25, -0.2) is 0 Å². The van der Waals surface area contributed by atoms with Crippen molar-refractivity contribution in [3.05, 3.63) is 29.3 Å². The van der Waals surface area contributed by atoms with E-state index in [0.717, 1.165) is 36.1 Å². The Morgan fingerprint density at radius 3 is 2.63 bits per heavy atom. The molecule has 1 aromatic carbocycles. The lowest BCUT2D eigenvalue weighted by atomic mass is 9.90. The second kappa shape index (κ2) is 7.82. The van der Waals surface area contributed by atoms with Gasteiger partial charge in [0.2, 0.25) is 0 Å². The number of carboxylic acid groups (broad SMARTS) is 1. The molecule has 0 saturated carbocycles. The summed E-state index contributed by atoms with van der Waals surface area (Å²) in [5, 5.41) is 9.07. The van der Waals surface area contributed by atoms with Crippen molar-refractivity contribution in [2.24, 2.45) is 0 Å². The Balaban J connectivity index is 3.03. The van der Waals surface area contributed by atoms with Gasteiger partial charge in [0.1, 0.15) is 5.75 Å². The standard InChI is InChI=1S/C16H24O3/c1-4-6-13(11-16(17)18)14-10-12(3)7-8-15(14)19-9-5-2/h7-8,10,13H,4-6,9,11H2,1-3H3,(H,17,18). The zero-order valence-electron chi connectivity index (χ0n) is 12.1. The van der Waals surface area contributed by atoms with Gasteiger partial charge in [-0.05, 0) is 37.3 Å². The van der Waals surface area contributed by atoms with Crippen LogP contribution >= 0.6 is 0 Å². The molecular formula is C16H24O3.